The molecule has 8 nitrogen and oxygen atoms in total. The Morgan fingerprint density at radius 3 is 1.47 bits per heavy atom. The molecule has 4 N–H and O–H groups in total. The van der Waals surface area contributed by atoms with Gasteiger partial charge in [-0.1, -0.05) is 66.7 Å². The Morgan fingerprint density at radius 2 is 0.897 bits per heavy atom. The van der Waals surface area contributed by atoms with Crippen LogP contribution in [0.2, 0.25) is 0 Å². The fourth-order valence-corrected chi connectivity index (χ4v) is 10.9. The second-order valence-electron chi connectivity index (χ2n) is 18.6. The maximum absolute atomic E-state index is 4.08. The number of nitrogens with zero attached hydrogens (tertiary/aromatic N) is 4. The smallest absolute Gasteiger partial charge is 0.176 e. The third kappa shape index (κ3) is 6.59. The number of nitrogens with one attached hydrogen (secondary N) is 4. The van der Waals surface area contributed by atoms with E-state index in [1.807, 2.05) is 0 Å². The molecule has 4 aromatic carbocycles. The Labute approximate surface area is 394 Å². The molecular weight excluding hydrogens is 833 g/mol. The van der Waals surface area contributed by atoms with Crippen molar-refractivity contribution in [1.29, 1.82) is 0 Å². The lowest BCUT2D eigenvalue weighted by molar-refractivity contribution is -0.671. The summed E-state index contributed by atoms with van der Waals surface area (Å²) in [6.45, 7) is 0. The van der Waals surface area contributed by atoms with Gasteiger partial charge in [-0.2, -0.15) is 0 Å². The summed E-state index contributed by atoms with van der Waals surface area (Å²) in [6, 6.07) is 44.7. The molecule has 0 radical (unpaired) electrons. The zero-order valence-electron chi connectivity index (χ0n) is 38.4. The molecular formula is C60H50N8+4. The molecule has 6 aromatic heterocycles. The van der Waals surface area contributed by atoms with Crippen molar-refractivity contribution in [2.24, 2.45) is 28.2 Å². The number of pyridine rings is 4. The second-order valence-corrected chi connectivity index (χ2v) is 18.6. The van der Waals surface area contributed by atoms with Crippen molar-refractivity contribution < 1.29 is 18.3 Å². The molecule has 0 saturated heterocycles. The summed E-state index contributed by atoms with van der Waals surface area (Å²) < 4.78 is 8.47. The maximum Gasteiger partial charge on any atom is 0.176 e. The van der Waals surface area contributed by atoms with Crippen LogP contribution in [0.25, 0.3) is 65.7 Å². The van der Waals surface area contributed by atoms with E-state index < -0.39 is 0 Å². The second kappa shape index (κ2) is 15.5. The van der Waals surface area contributed by atoms with Crippen LogP contribution in [0.4, 0.5) is 0 Å². The maximum atomic E-state index is 4.08. The number of aromatic nitrogens is 6. The van der Waals surface area contributed by atoms with E-state index in [4.69, 9.17) is 0 Å². The SMILES string of the molecule is C[n+]1ccc(/C2=C3\C=CC(N3)/C(c3cc[n+](C)cc3)=c3/cc/c([nH]3)=C(\c3cc(-c4ccc5ccc6cccc7ccc4c5c67)c[n+](C)c3)C3C=C/C(=C(\c4cc[n+](C)cc4)c4ccc2[nH]4)N3)cc1. The van der Waals surface area contributed by atoms with Crippen LogP contribution in [0.3, 0.4) is 0 Å². The normalized spacial score (nSPS) is 20.5. The molecule has 3 aliphatic rings. The number of benzene rings is 4. The lowest BCUT2D eigenvalue weighted by atomic mass is 9.89. The highest BCUT2D eigenvalue weighted by Crippen LogP contribution is 2.40. The van der Waals surface area contributed by atoms with Crippen molar-refractivity contribution in [3.05, 3.63) is 251 Å². The first-order valence-electron chi connectivity index (χ1n) is 23.4. The third-order valence-corrected chi connectivity index (χ3v) is 14.2. The molecule has 13 rings (SSSR count). The number of allylic oxidation sites excluding steroid dienone is 2. The quantitative estimate of drug-likeness (QED) is 0.113. The van der Waals surface area contributed by atoms with E-state index in [9.17, 15) is 0 Å². The number of hydrogen-bond donors (Lipinski definition) is 4. The monoisotopic (exact) mass is 882 g/mol. The first kappa shape index (κ1) is 39.7. The van der Waals surface area contributed by atoms with Crippen LogP contribution < -0.4 is 39.6 Å². The summed E-state index contributed by atoms with van der Waals surface area (Å²) in [5.74, 6) is 0. The van der Waals surface area contributed by atoms with Crippen molar-refractivity contribution in [2.75, 3.05) is 0 Å². The number of hydrogen-bond acceptors (Lipinski definition) is 2. The van der Waals surface area contributed by atoms with Crippen molar-refractivity contribution in [1.82, 2.24) is 20.6 Å². The summed E-state index contributed by atoms with van der Waals surface area (Å²) in [7, 11) is 8.34. The topological polar surface area (TPSA) is 71.2 Å². The summed E-state index contributed by atoms with van der Waals surface area (Å²) in [4.78, 5) is 7.98. The molecule has 9 heterocycles. The molecule has 8 heteroatoms. The van der Waals surface area contributed by atoms with Gasteiger partial charge in [0.05, 0.1) is 12.1 Å². The van der Waals surface area contributed by atoms with Gasteiger partial charge in [-0.3, -0.25) is 0 Å². The Balaban J connectivity index is 1.07. The Bertz CT molecular complexity index is 3920. The minimum Gasteiger partial charge on any atom is -0.374 e. The molecule has 3 aliphatic heterocycles. The molecule has 0 spiro atoms. The van der Waals surface area contributed by atoms with Gasteiger partial charge in [-0.15, -0.1) is 0 Å². The Hall–Kier alpha value is -8.62. The van der Waals surface area contributed by atoms with E-state index in [0.717, 1.165) is 78.0 Å². The van der Waals surface area contributed by atoms with Gasteiger partial charge >= 0.3 is 0 Å². The molecule has 0 saturated carbocycles. The molecule has 0 amide bonds. The molecule has 10 aromatic rings. The van der Waals surface area contributed by atoms with E-state index in [2.05, 4.69) is 262 Å². The van der Waals surface area contributed by atoms with Gasteiger partial charge in [0.25, 0.3) is 0 Å². The van der Waals surface area contributed by atoms with E-state index in [1.165, 1.54) is 43.5 Å². The zero-order valence-corrected chi connectivity index (χ0v) is 38.4. The van der Waals surface area contributed by atoms with Crippen LogP contribution in [0.5, 0.6) is 0 Å². The van der Waals surface area contributed by atoms with Gasteiger partial charge in [0, 0.05) is 103 Å². The molecule has 326 valence electrons. The third-order valence-electron chi connectivity index (χ3n) is 14.2. The number of rotatable bonds is 5. The summed E-state index contributed by atoms with van der Waals surface area (Å²) in [6.07, 6.45) is 26.4. The van der Waals surface area contributed by atoms with Crippen molar-refractivity contribution in [2.45, 2.75) is 12.1 Å². The summed E-state index contributed by atoms with van der Waals surface area (Å²) in [5.41, 5.74) is 15.6. The Kier molecular flexibility index (Phi) is 9.05. The lowest BCUT2D eigenvalue weighted by Crippen LogP contribution is -2.34. The molecule has 0 aliphatic carbocycles. The van der Waals surface area contributed by atoms with Crippen LogP contribution >= 0.6 is 0 Å². The van der Waals surface area contributed by atoms with Crippen molar-refractivity contribution in [3.63, 3.8) is 0 Å². The average molecular weight is 883 g/mol. The molecule has 68 heavy (non-hydrogen) atoms. The minimum atomic E-state index is -0.166. The first-order valence-corrected chi connectivity index (χ1v) is 23.4. The zero-order chi connectivity index (χ0) is 45.6. The summed E-state index contributed by atoms with van der Waals surface area (Å²) >= 11 is 0. The lowest BCUT2D eigenvalue weighted by Gasteiger charge is -2.19. The van der Waals surface area contributed by atoms with E-state index in [-0.39, 0.29) is 12.1 Å². The molecule has 0 fully saturated rings. The molecule has 2 atom stereocenters. The number of H-pyrrole nitrogens is 2. The number of fused-ring (bicyclic) bond motifs is 8. The van der Waals surface area contributed by atoms with Crippen LogP contribution in [-0.4, -0.2) is 22.1 Å². The van der Waals surface area contributed by atoms with Crippen LogP contribution in [0.1, 0.15) is 33.6 Å². The van der Waals surface area contributed by atoms with Crippen molar-refractivity contribution in [3.8, 4) is 11.1 Å². The van der Waals surface area contributed by atoms with E-state index >= 15 is 0 Å². The van der Waals surface area contributed by atoms with Crippen LogP contribution in [-0.2, 0) is 28.2 Å². The molecule has 8 bridgehead atoms. The number of aromatic amines is 2. The van der Waals surface area contributed by atoms with Gasteiger partial charge in [0.15, 0.2) is 49.6 Å². The standard InChI is InChI=1S/C60H47N8/c1-65-28-22-40(23-29-65)57-47-14-16-49(61-47)58(41-24-30-66(2)31-25-41)51-18-20-53(63-51)60(54-21-19-52(64-54)59(50-17-15-48(57)62-50)42-26-32-67(3)33-27-42)44-34-43(35-68(4)36-44)45-12-10-39-9-8-37-6-5-7-38-11-13-46(45)56(39)55(37)38/h5-36,49,54,62H,1-4H3/q+1/p+3/b60-53-. The largest absolute Gasteiger partial charge is 0.374 e. The van der Waals surface area contributed by atoms with Gasteiger partial charge in [0.2, 0.25) is 0 Å². The van der Waals surface area contributed by atoms with E-state index in [1.54, 1.807) is 0 Å². The fraction of sp³-hybridized carbons (Fsp3) is 0.100. The van der Waals surface area contributed by atoms with Gasteiger partial charge < -0.3 is 20.6 Å². The highest BCUT2D eigenvalue weighted by atomic mass is 15.0. The highest BCUT2D eigenvalue weighted by Gasteiger charge is 2.29. The van der Waals surface area contributed by atoms with Crippen LogP contribution in [0.15, 0.2) is 207 Å². The van der Waals surface area contributed by atoms with E-state index in [0.29, 0.717) is 0 Å². The molecule has 2 unspecified atom stereocenters. The predicted octanol–water partition coefficient (Wildman–Crippen LogP) is 6.89. The average Bonchev–Trinajstić information content (AvgIpc) is 4.21. The predicted molar refractivity (Wildman–Crippen MR) is 270 cm³/mol. The summed E-state index contributed by atoms with van der Waals surface area (Å²) in [5, 5.41) is 17.9. The fourth-order valence-electron chi connectivity index (χ4n) is 10.9. The van der Waals surface area contributed by atoms with Crippen molar-refractivity contribution >= 4 is 54.6 Å². The van der Waals surface area contributed by atoms with Gasteiger partial charge in [0.1, 0.15) is 28.2 Å². The number of aryl methyl sites for hydroxylation is 4. The van der Waals surface area contributed by atoms with Gasteiger partial charge in [-0.05, 0) is 97.1 Å². The minimum absolute atomic E-state index is 0.114. The highest BCUT2D eigenvalue weighted by molar-refractivity contribution is 6.25. The first-order chi connectivity index (χ1) is 33.3. The van der Waals surface area contributed by atoms with Crippen LogP contribution in [0, 0.1) is 0 Å². The van der Waals surface area contributed by atoms with Gasteiger partial charge in [-0.25, -0.2) is 18.3 Å². The Morgan fingerprint density at radius 1 is 0.412 bits per heavy atom.